The van der Waals surface area contributed by atoms with E-state index in [2.05, 4.69) is 24.4 Å². The van der Waals surface area contributed by atoms with Gasteiger partial charge in [0.15, 0.2) is 4.90 Å². The van der Waals surface area contributed by atoms with Crippen LogP contribution in [0.1, 0.15) is 31.9 Å². The second kappa shape index (κ2) is 10.4. The van der Waals surface area contributed by atoms with E-state index in [1.807, 2.05) is 56.3 Å². The minimum absolute atomic E-state index is 0.0530. The zero-order chi connectivity index (χ0) is 22.4. The SMILES string of the molecule is CC[SH+]c1ccc(CC(=O)Nc2ccc(OC(C)(C)c3ccc(Cl)cc3Cl)cc2)cc1. The first kappa shape index (κ1) is 23.5. The molecule has 0 bridgehead atoms. The maximum absolute atomic E-state index is 12.4. The number of carbonyl (C=O) groups excluding carboxylic acids is 1. The number of thiol groups is 1. The van der Waals surface area contributed by atoms with Crippen molar-refractivity contribution in [2.24, 2.45) is 0 Å². The van der Waals surface area contributed by atoms with Gasteiger partial charge in [-0.2, -0.15) is 0 Å². The minimum atomic E-state index is -0.643. The summed E-state index contributed by atoms with van der Waals surface area (Å²) in [6, 6.07) is 20.9. The molecule has 0 aliphatic rings. The van der Waals surface area contributed by atoms with Crippen molar-refractivity contribution >= 4 is 46.6 Å². The van der Waals surface area contributed by atoms with Gasteiger partial charge < -0.3 is 10.1 Å². The fourth-order valence-corrected chi connectivity index (χ4v) is 4.59. The second-order valence-electron chi connectivity index (χ2n) is 7.63. The van der Waals surface area contributed by atoms with Crippen molar-refractivity contribution in [3.8, 4) is 5.75 Å². The number of halogens is 2. The van der Waals surface area contributed by atoms with Crippen LogP contribution in [0.4, 0.5) is 5.69 Å². The third-order valence-electron chi connectivity index (χ3n) is 4.73. The van der Waals surface area contributed by atoms with E-state index in [4.69, 9.17) is 27.9 Å². The zero-order valence-electron chi connectivity index (χ0n) is 17.8. The molecule has 3 aromatic rings. The summed E-state index contributed by atoms with van der Waals surface area (Å²) in [5.41, 5.74) is 1.92. The van der Waals surface area contributed by atoms with E-state index >= 15 is 0 Å². The van der Waals surface area contributed by atoms with E-state index in [0.29, 0.717) is 22.2 Å². The smallest absolute Gasteiger partial charge is 0.228 e. The molecule has 3 rings (SSSR count). The number of carbonyl (C=O) groups is 1. The highest BCUT2D eigenvalue weighted by molar-refractivity contribution is 7.78. The van der Waals surface area contributed by atoms with E-state index in [9.17, 15) is 4.79 Å². The molecule has 0 heterocycles. The van der Waals surface area contributed by atoms with Gasteiger partial charge in [0.2, 0.25) is 5.91 Å². The molecule has 0 aliphatic heterocycles. The fraction of sp³-hybridized carbons (Fsp3) is 0.240. The largest absolute Gasteiger partial charge is 0.483 e. The Morgan fingerprint density at radius 3 is 2.29 bits per heavy atom. The van der Waals surface area contributed by atoms with Gasteiger partial charge in [0.25, 0.3) is 0 Å². The number of nitrogens with one attached hydrogen (secondary N) is 1. The van der Waals surface area contributed by atoms with Crippen LogP contribution < -0.4 is 10.1 Å². The van der Waals surface area contributed by atoms with E-state index in [1.54, 1.807) is 12.1 Å². The molecular formula is C25H26Cl2NO2S+. The van der Waals surface area contributed by atoms with Crippen LogP contribution in [0.3, 0.4) is 0 Å². The highest BCUT2D eigenvalue weighted by Gasteiger charge is 2.25. The third-order valence-corrected chi connectivity index (χ3v) is 6.26. The summed E-state index contributed by atoms with van der Waals surface area (Å²) >= 11 is 13.6. The van der Waals surface area contributed by atoms with E-state index < -0.39 is 5.60 Å². The van der Waals surface area contributed by atoms with Gasteiger partial charge in [-0.25, -0.2) is 0 Å². The Hall–Kier alpha value is -2.14. The van der Waals surface area contributed by atoms with Crippen molar-refractivity contribution in [2.45, 2.75) is 37.7 Å². The Morgan fingerprint density at radius 2 is 1.68 bits per heavy atom. The van der Waals surface area contributed by atoms with Gasteiger partial charge in [-0.3, -0.25) is 4.79 Å². The van der Waals surface area contributed by atoms with Crippen molar-refractivity contribution < 1.29 is 9.53 Å². The van der Waals surface area contributed by atoms with Gasteiger partial charge in [-0.1, -0.05) is 41.4 Å². The van der Waals surface area contributed by atoms with Crippen LogP contribution in [0, 0.1) is 0 Å². The van der Waals surface area contributed by atoms with Crippen molar-refractivity contribution in [2.75, 3.05) is 11.1 Å². The van der Waals surface area contributed by atoms with Crippen LogP contribution in [0.5, 0.6) is 5.75 Å². The van der Waals surface area contributed by atoms with Crippen LogP contribution in [-0.2, 0) is 28.6 Å². The van der Waals surface area contributed by atoms with Gasteiger partial charge in [-0.15, -0.1) is 0 Å². The molecule has 31 heavy (non-hydrogen) atoms. The number of amides is 1. The topological polar surface area (TPSA) is 38.3 Å². The summed E-state index contributed by atoms with van der Waals surface area (Å²) < 4.78 is 6.15. The lowest BCUT2D eigenvalue weighted by Crippen LogP contribution is -2.25. The monoisotopic (exact) mass is 474 g/mol. The summed E-state index contributed by atoms with van der Waals surface area (Å²) in [4.78, 5) is 13.7. The molecule has 3 aromatic carbocycles. The average Bonchev–Trinajstić information content (AvgIpc) is 2.70. The maximum atomic E-state index is 12.4. The number of hydrogen-bond acceptors (Lipinski definition) is 2. The lowest BCUT2D eigenvalue weighted by atomic mass is 9.98. The summed E-state index contributed by atoms with van der Waals surface area (Å²) in [5, 5.41) is 4.08. The first-order chi connectivity index (χ1) is 14.8. The van der Waals surface area contributed by atoms with Gasteiger partial charge >= 0.3 is 0 Å². The molecule has 0 aromatic heterocycles. The Balaban J connectivity index is 1.59. The van der Waals surface area contributed by atoms with Gasteiger partial charge in [0.05, 0.1) is 6.42 Å². The van der Waals surface area contributed by atoms with E-state index in [-0.39, 0.29) is 5.91 Å². The van der Waals surface area contributed by atoms with Crippen molar-refractivity contribution in [3.05, 3.63) is 87.9 Å². The van der Waals surface area contributed by atoms with E-state index in [1.165, 1.54) is 16.7 Å². The van der Waals surface area contributed by atoms with Crippen molar-refractivity contribution in [1.29, 1.82) is 0 Å². The third kappa shape index (κ3) is 6.67. The molecule has 0 saturated heterocycles. The summed E-state index contributed by atoms with van der Waals surface area (Å²) in [7, 11) is 0. The van der Waals surface area contributed by atoms with Crippen LogP contribution in [0.25, 0.3) is 0 Å². The summed E-state index contributed by atoms with van der Waals surface area (Å²) in [6.45, 7) is 6.04. The molecule has 6 heteroatoms. The maximum Gasteiger partial charge on any atom is 0.228 e. The molecule has 0 unspecified atom stereocenters. The first-order valence-electron chi connectivity index (χ1n) is 10.1. The van der Waals surface area contributed by atoms with Crippen molar-refractivity contribution in [3.63, 3.8) is 0 Å². The lowest BCUT2D eigenvalue weighted by molar-refractivity contribution is -0.115. The molecule has 0 atom stereocenters. The van der Waals surface area contributed by atoms with Gasteiger partial charge in [0, 0.05) is 33.1 Å². The molecule has 3 nitrogen and oxygen atoms in total. The average molecular weight is 475 g/mol. The Labute approximate surface area is 198 Å². The summed E-state index contributed by atoms with van der Waals surface area (Å²) in [5.74, 6) is 1.71. The van der Waals surface area contributed by atoms with Crippen molar-refractivity contribution in [1.82, 2.24) is 0 Å². The highest BCUT2D eigenvalue weighted by Crippen LogP contribution is 2.34. The Kier molecular flexibility index (Phi) is 7.93. The molecule has 0 saturated carbocycles. The normalized spacial score (nSPS) is 11.3. The van der Waals surface area contributed by atoms with Crippen LogP contribution in [-0.4, -0.2) is 11.7 Å². The molecule has 1 amide bonds. The first-order valence-corrected chi connectivity index (χ1v) is 11.9. The lowest BCUT2D eigenvalue weighted by Gasteiger charge is -2.28. The Bertz CT molecular complexity index is 1030. The molecule has 0 radical (unpaired) electrons. The van der Waals surface area contributed by atoms with Gasteiger partial charge in [0.1, 0.15) is 17.1 Å². The second-order valence-corrected chi connectivity index (χ2v) is 9.94. The van der Waals surface area contributed by atoms with Crippen LogP contribution in [0.2, 0.25) is 10.0 Å². The predicted molar refractivity (Wildman–Crippen MR) is 133 cm³/mol. The number of anilines is 1. The van der Waals surface area contributed by atoms with Crippen LogP contribution in [0.15, 0.2) is 71.6 Å². The quantitative estimate of drug-likeness (QED) is 0.292. The molecule has 162 valence electrons. The number of ether oxygens (including phenoxy) is 1. The zero-order valence-corrected chi connectivity index (χ0v) is 20.2. The summed E-state index contributed by atoms with van der Waals surface area (Å²) in [6.07, 6.45) is 0.337. The van der Waals surface area contributed by atoms with E-state index in [0.717, 1.165) is 22.6 Å². The molecular weight excluding hydrogens is 449 g/mol. The number of rotatable bonds is 8. The standard InChI is InChI=1S/C25H25Cl2NO2S/c1-4-31-21-12-5-17(6-13-21)15-24(29)28-19-8-10-20(11-9-19)30-25(2,3)22-14-7-18(26)16-23(22)27/h5-14,16H,4,15H2,1-3H3,(H,28,29)/p+1. The number of hydrogen-bond donors (Lipinski definition) is 1. The predicted octanol–water partition coefficient (Wildman–Crippen LogP) is 6.68. The van der Waals surface area contributed by atoms with Gasteiger partial charge in [-0.05, 0) is 74.9 Å². The molecule has 1 N–H and O–H groups in total. The molecule has 0 spiro atoms. The fourth-order valence-electron chi connectivity index (χ4n) is 3.23. The molecule has 0 fully saturated rings. The minimum Gasteiger partial charge on any atom is -0.483 e. The van der Waals surface area contributed by atoms with Crippen LogP contribution >= 0.6 is 23.2 Å². The number of benzene rings is 3. The Morgan fingerprint density at radius 1 is 1.00 bits per heavy atom. The highest BCUT2D eigenvalue weighted by atomic mass is 35.5. The molecule has 0 aliphatic carbocycles.